The molecule has 0 saturated carbocycles. The molecule has 0 fully saturated rings. The molecule has 0 radical (unpaired) electrons. The number of aliphatic hydroxyl groups is 1. The molecule has 0 unspecified atom stereocenters. The topological polar surface area (TPSA) is 33.1 Å². The molecule has 0 spiro atoms. The Labute approximate surface area is 71.7 Å². The van der Waals surface area contributed by atoms with E-state index in [1.165, 1.54) is 0 Å². The summed E-state index contributed by atoms with van der Waals surface area (Å²) in [6.07, 6.45) is 1.62. The van der Waals surface area contributed by atoms with Crippen LogP contribution in [-0.4, -0.2) is 10.1 Å². The van der Waals surface area contributed by atoms with Crippen LogP contribution in [0.3, 0.4) is 0 Å². The summed E-state index contributed by atoms with van der Waals surface area (Å²) in [4.78, 5) is 4.83. The lowest BCUT2D eigenvalue weighted by Gasteiger charge is -2.15. The average molecular weight is 169 g/mol. The summed E-state index contributed by atoms with van der Waals surface area (Å²) in [5.74, 6) is 0. The van der Waals surface area contributed by atoms with Crippen molar-refractivity contribution in [2.45, 2.75) is 24.3 Å². The highest BCUT2D eigenvalue weighted by atomic mass is 32.1. The summed E-state index contributed by atoms with van der Waals surface area (Å²) in [7, 11) is 0. The Kier molecular flexibility index (Phi) is 2.20. The average Bonchev–Trinajstić information content (AvgIpc) is 1.86. The molecule has 0 amide bonds. The summed E-state index contributed by atoms with van der Waals surface area (Å²) in [5, 5.41) is 9.49. The zero-order valence-corrected chi connectivity index (χ0v) is 7.47. The molecule has 0 aromatic carbocycles. The number of aromatic nitrogens is 1. The first-order chi connectivity index (χ1) is 5.00. The van der Waals surface area contributed by atoms with Crippen LogP contribution < -0.4 is 0 Å². The Morgan fingerprint density at radius 1 is 1.45 bits per heavy atom. The van der Waals surface area contributed by atoms with Crippen LogP contribution >= 0.6 is 12.6 Å². The van der Waals surface area contributed by atoms with E-state index >= 15 is 0 Å². The molecular formula is C8H11NOS. The first-order valence-corrected chi connectivity index (χ1v) is 3.83. The zero-order valence-electron chi connectivity index (χ0n) is 6.57. The molecule has 0 aliphatic rings. The number of nitrogens with zero attached hydrogens (tertiary/aromatic N) is 1. The first kappa shape index (κ1) is 8.56. The fraction of sp³-hybridized carbons (Fsp3) is 0.375. The molecule has 1 heterocycles. The molecule has 0 atom stereocenters. The highest BCUT2D eigenvalue weighted by molar-refractivity contribution is 7.80. The van der Waals surface area contributed by atoms with E-state index in [0.29, 0.717) is 5.69 Å². The van der Waals surface area contributed by atoms with Gasteiger partial charge in [0.1, 0.15) is 5.60 Å². The molecule has 0 saturated heterocycles. The van der Waals surface area contributed by atoms with E-state index in [1.54, 1.807) is 26.1 Å². The van der Waals surface area contributed by atoms with Crippen molar-refractivity contribution in [3.05, 3.63) is 24.0 Å². The van der Waals surface area contributed by atoms with E-state index in [4.69, 9.17) is 0 Å². The van der Waals surface area contributed by atoms with E-state index < -0.39 is 5.60 Å². The van der Waals surface area contributed by atoms with Crippen molar-refractivity contribution < 1.29 is 5.11 Å². The molecule has 0 bridgehead atoms. The summed E-state index contributed by atoms with van der Waals surface area (Å²) in [6.45, 7) is 3.40. The molecule has 2 nitrogen and oxygen atoms in total. The van der Waals surface area contributed by atoms with Crippen molar-refractivity contribution in [2.75, 3.05) is 0 Å². The third-order valence-corrected chi connectivity index (χ3v) is 1.64. The van der Waals surface area contributed by atoms with Crippen LogP contribution in [0.2, 0.25) is 0 Å². The van der Waals surface area contributed by atoms with Gasteiger partial charge in [0.25, 0.3) is 0 Å². The highest BCUT2D eigenvalue weighted by Gasteiger charge is 2.16. The van der Waals surface area contributed by atoms with Gasteiger partial charge in [0.05, 0.1) is 5.69 Å². The SMILES string of the molecule is CC(C)(O)c1ccc(S)cn1. The lowest BCUT2D eigenvalue weighted by atomic mass is 10.1. The van der Waals surface area contributed by atoms with Crippen molar-refractivity contribution in [1.29, 1.82) is 0 Å². The van der Waals surface area contributed by atoms with Crippen molar-refractivity contribution in [3.8, 4) is 0 Å². The molecular weight excluding hydrogens is 158 g/mol. The summed E-state index contributed by atoms with van der Waals surface area (Å²) in [6, 6.07) is 3.58. The van der Waals surface area contributed by atoms with Gasteiger partial charge in [-0.2, -0.15) is 0 Å². The fourth-order valence-corrected chi connectivity index (χ4v) is 0.880. The van der Waals surface area contributed by atoms with Crippen LogP contribution in [0.5, 0.6) is 0 Å². The second-order valence-corrected chi connectivity index (χ2v) is 3.48. The third-order valence-electron chi connectivity index (χ3n) is 1.37. The monoisotopic (exact) mass is 169 g/mol. The van der Waals surface area contributed by atoms with Crippen molar-refractivity contribution in [3.63, 3.8) is 0 Å². The minimum atomic E-state index is -0.860. The first-order valence-electron chi connectivity index (χ1n) is 3.38. The van der Waals surface area contributed by atoms with E-state index in [-0.39, 0.29) is 0 Å². The Morgan fingerprint density at radius 2 is 2.09 bits per heavy atom. The molecule has 1 aromatic heterocycles. The summed E-state index contributed by atoms with van der Waals surface area (Å²) >= 11 is 4.08. The van der Waals surface area contributed by atoms with Gasteiger partial charge in [-0.15, -0.1) is 12.6 Å². The lowest BCUT2D eigenvalue weighted by molar-refractivity contribution is 0.0737. The standard InChI is InChI=1S/C8H11NOS/c1-8(2,10)7-4-3-6(11)5-9-7/h3-5,10-11H,1-2H3. The van der Waals surface area contributed by atoms with Crippen LogP contribution in [0.4, 0.5) is 0 Å². The van der Waals surface area contributed by atoms with Crippen LogP contribution in [-0.2, 0) is 5.60 Å². The summed E-state index contributed by atoms with van der Waals surface area (Å²) < 4.78 is 0. The minimum Gasteiger partial charge on any atom is -0.384 e. The molecule has 0 aliphatic heterocycles. The molecule has 1 rings (SSSR count). The van der Waals surface area contributed by atoms with Gasteiger partial charge in [-0.25, -0.2) is 0 Å². The number of hydrogen-bond acceptors (Lipinski definition) is 3. The van der Waals surface area contributed by atoms with E-state index in [1.807, 2.05) is 6.07 Å². The van der Waals surface area contributed by atoms with Crippen LogP contribution in [0.25, 0.3) is 0 Å². The van der Waals surface area contributed by atoms with E-state index in [2.05, 4.69) is 17.6 Å². The van der Waals surface area contributed by atoms with Crippen LogP contribution in [0.1, 0.15) is 19.5 Å². The third kappa shape index (κ3) is 2.20. The van der Waals surface area contributed by atoms with Gasteiger partial charge in [0.2, 0.25) is 0 Å². The quantitative estimate of drug-likeness (QED) is 0.626. The second-order valence-electron chi connectivity index (χ2n) is 2.96. The molecule has 3 heteroatoms. The van der Waals surface area contributed by atoms with E-state index in [0.717, 1.165) is 4.90 Å². The second kappa shape index (κ2) is 2.83. The van der Waals surface area contributed by atoms with Gasteiger partial charge in [0.15, 0.2) is 0 Å². The number of pyridine rings is 1. The van der Waals surface area contributed by atoms with Gasteiger partial charge >= 0.3 is 0 Å². The van der Waals surface area contributed by atoms with Gasteiger partial charge in [-0.3, -0.25) is 4.98 Å². The Balaban J connectivity index is 2.99. The Bertz CT molecular complexity index is 237. The van der Waals surface area contributed by atoms with Crippen molar-refractivity contribution in [1.82, 2.24) is 4.98 Å². The van der Waals surface area contributed by atoms with Gasteiger partial charge in [-0.05, 0) is 26.0 Å². The number of hydrogen-bond donors (Lipinski definition) is 2. The van der Waals surface area contributed by atoms with Crippen LogP contribution in [0.15, 0.2) is 23.2 Å². The zero-order chi connectivity index (χ0) is 8.48. The number of rotatable bonds is 1. The van der Waals surface area contributed by atoms with Gasteiger partial charge in [-0.1, -0.05) is 0 Å². The maximum atomic E-state index is 9.49. The fourth-order valence-electron chi connectivity index (χ4n) is 0.748. The normalized spacial score (nSPS) is 11.6. The Hall–Kier alpha value is -0.540. The molecule has 1 N–H and O–H groups in total. The maximum Gasteiger partial charge on any atom is 0.101 e. The molecule has 11 heavy (non-hydrogen) atoms. The predicted octanol–water partition coefficient (Wildman–Crippen LogP) is 1.60. The molecule has 0 aliphatic carbocycles. The smallest absolute Gasteiger partial charge is 0.101 e. The van der Waals surface area contributed by atoms with Crippen molar-refractivity contribution in [2.24, 2.45) is 0 Å². The lowest BCUT2D eigenvalue weighted by Crippen LogP contribution is -2.16. The molecule has 1 aromatic rings. The maximum absolute atomic E-state index is 9.49. The number of thiol groups is 1. The van der Waals surface area contributed by atoms with Crippen LogP contribution in [0, 0.1) is 0 Å². The molecule has 60 valence electrons. The van der Waals surface area contributed by atoms with Gasteiger partial charge < -0.3 is 5.11 Å². The van der Waals surface area contributed by atoms with Crippen molar-refractivity contribution >= 4 is 12.6 Å². The Morgan fingerprint density at radius 3 is 2.45 bits per heavy atom. The van der Waals surface area contributed by atoms with E-state index in [9.17, 15) is 5.11 Å². The minimum absolute atomic E-state index is 0.662. The highest BCUT2D eigenvalue weighted by Crippen LogP contribution is 2.17. The largest absolute Gasteiger partial charge is 0.384 e. The van der Waals surface area contributed by atoms with Gasteiger partial charge in [0, 0.05) is 11.1 Å². The summed E-state index contributed by atoms with van der Waals surface area (Å²) in [5.41, 5.74) is -0.197. The predicted molar refractivity (Wildman–Crippen MR) is 46.7 cm³/mol.